The lowest BCUT2D eigenvalue weighted by molar-refractivity contribution is -0.0147. The van der Waals surface area contributed by atoms with Crippen LogP contribution in [0.2, 0.25) is 0 Å². The Morgan fingerprint density at radius 1 is 0.829 bits per heavy atom. The summed E-state index contributed by atoms with van der Waals surface area (Å²) in [4.78, 5) is 29.1. The van der Waals surface area contributed by atoms with Gasteiger partial charge in [-0.1, -0.05) is 30.3 Å². The predicted molar refractivity (Wildman–Crippen MR) is 149 cm³/mol. The van der Waals surface area contributed by atoms with Gasteiger partial charge in [0.1, 0.15) is 11.2 Å². The van der Waals surface area contributed by atoms with Crippen molar-refractivity contribution in [3.8, 4) is 0 Å². The van der Waals surface area contributed by atoms with E-state index >= 15 is 0 Å². The average molecular weight is 591 g/mol. The number of hydrogen-bond acceptors (Lipinski definition) is 6. The number of ether oxygens (including phenoxy) is 2. The molecule has 234 valence electrons. The number of amides is 2. The van der Waals surface area contributed by atoms with Crippen LogP contribution in [0.4, 0.5) is 27.2 Å². The molecule has 12 heteroatoms. The third-order valence-corrected chi connectivity index (χ3v) is 6.32. The second-order valence-corrected chi connectivity index (χ2v) is 12.3. The summed E-state index contributed by atoms with van der Waals surface area (Å²) in [6.45, 7) is 14.2. The SMILES string of the molecule is CC(C)(C)OC(=O)N1CCN(Cc2ccccc2)CC1CC(F)F.CC(C)(C)OC(=O)N1CCNCC1CC(F)F. The number of benzene rings is 1. The van der Waals surface area contributed by atoms with E-state index in [1.54, 1.807) is 41.5 Å². The number of piperazine rings is 2. The van der Waals surface area contributed by atoms with E-state index < -0.39 is 48.3 Å². The maximum atomic E-state index is 13.0. The topological polar surface area (TPSA) is 74.4 Å². The van der Waals surface area contributed by atoms with Gasteiger partial charge in [0.25, 0.3) is 0 Å². The predicted octanol–water partition coefficient (Wildman–Crippen LogP) is 5.61. The molecule has 2 aliphatic rings. The van der Waals surface area contributed by atoms with Crippen LogP contribution in [-0.2, 0) is 16.0 Å². The summed E-state index contributed by atoms with van der Waals surface area (Å²) in [5.41, 5.74) is -0.0932. The molecule has 2 atom stereocenters. The van der Waals surface area contributed by atoms with Crippen molar-refractivity contribution >= 4 is 12.2 Å². The molecule has 1 aromatic carbocycles. The second kappa shape index (κ2) is 15.6. The Bertz CT molecular complexity index is 941. The highest BCUT2D eigenvalue weighted by Crippen LogP contribution is 2.22. The maximum absolute atomic E-state index is 13.0. The summed E-state index contributed by atoms with van der Waals surface area (Å²) in [6, 6.07) is 8.89. The number of carbonyl (C=O) groups is 2. The van der Waals surface area contributed by atoms with Crippen LogP contribution < -0.4 is 5.32 Å². The summed E-state index contributed by atoms with van der Waals surface area (Å²) in [7, 11) is 0. The van der Waals surface area contributed by atoms with Crippen molar-refractivity contribution in [1.29, 1.82) is 0 Å². The summed E-state index contributed by atoms with van der Waals surface area (Å²) in [5.74, 6) is 0. The number of nitrogens with zero attached hydrogens (tertiary/aromatic N) is 3. The molecular formula is C29H46F4N4O4. The van der Waals surface area contributed by atoms with Crippen molar-refractivity contribution in [3.63, 3.8) is 0 Å². The van der Waals surface area contributed by atoms with Crippen LogP contribution in [0.1, 0.15) is 59.9 Å². The van der Waals surface area contributed by atoms with Gasteiger partial charge in [-0.3, -0.25) is 4.90 Å². The van der Waals surface area contributed by atoms with Gasteiger partial charge in [-0.25, -0.2) is 27.2 Å². The summed E-state index contributed by atoms with van der Waals surface area (Å²) in [6.07, 6.45) is -6.52. The molecule has 1 N–H and O–H groups in total. The molecular weight excluding hydrogens is 544 g/mol. The molecule has 0 radical (unpaired) electrons. The zero-order valence-electron chi connectivity index (χ0n) is 25.0. The Hall–Kier alpha value is -2.60. The van der Waals surface area contributed by atoms with Crippen molar-refractivity contribution in [3.05, 3.63) is 35.9 Å². The number of carbonyl (C=O) groups excluding carboxylic acids is 2. The van der Waals surface area contributed by atoms with Gasteiger partial charge in [-0.2, -0.15) is 0 Å². The van der Waals surface area contributed by atoms with Gasteiger partial charge in [0.15, 0.2) is 0 Å². The fourth-order valence-electron chi connectivity index (χ4n) is 4.61. The molecule has 2 unspecified atom stereocenters. The van der Waals surface area contributed by atoms with E-state index in [0.29, 0.717) is 45.8 Å². The van der Waals surface area contributed by atoms with Crippen molar-refractivity contribution in [2.45, 2.75) is 97.1 Å². The summed E-state index contributed by atoms with van der Waals surface area (Å²) < 4.78 is 61.2. The van der Waals surface area contributed by atoms with E-state index in [9.17, 15) is 27.2 Å². The molecule has 0 aliphatic carbocycles. The van der Waals surface area contributed by atoms with Crippen molar-refractivity contribution in [2.75, 3.05) is 39.3 Å². The summed E-state index contributed by atoms with van der Waals surface area (Å²) in [5, 5.41) is 3.01. The van der Waals surface area contributed by atoms with Gasteiger partial charge in [-0.15, -0.1) is 0 Å². The Kier molecular flexibility index (Phi) is 13.1. The maximum Gasteiger partial charge on any atom is 0.410 e. The zero-order chi connectivity index (χ0) is 30.8. The molecule has 8 nitrogen and oxygen atoms in total. The first-order valence-electron chi connectivity index (χ1n) is 14.1. The summed E-state index contributed by atoms with van der Waals surface area (Å²) >= 11 is 0. The first kappa shape index (κ1) is 34.6. The first-order valence-corrected chi connectivity index (χ1v) is 14.1. The number of alkyl halides is 4. The second-order valence-electron chi connectivity index (χ2n) is 12.3. The molecule has 3 rings (SSSR count). The van der Waals surface area contributed by atoms with Crippen LogP contribution in [0.25, 0.3) is 0 Å². The van der Waals surface area contributed by atoms with E-state index in [2.05, 4.69) is 10.2 Å². The fraction of sp³-hybridized carbons (Fsp3) is 0.724. The molecule has 41 heavy (non-hydrogen) atoms. The molecule has 2 saturated heterocycles. The molecule has 1 aromatic rings. The van der Waals surface area contributed by atoms with Gasteiger partial charge in [-0.05, 0) is 47.1 Å². The highest BCUT2D eigenvalue weighted by Gasteiger charge is 2.35. The van der Waals surface area contributed by atoms with Crippen molar-refractivity contribution in [1.82, 2.24) is 20.0 Å². The van der Waals surface area contributed by atoms with Gasteiger partial charge in [0.05, 0.1) is 12.1 Å². The third-order valence-electron chi connectivity index (χ3n) is 6.32. The lowest BCUT2D eigenvalue weighted by Crippen LogP contribution is -2.56. The molecule has 2 heterocycles. The van der Waals surface area contributed by atoms with E-state index in [4.69, 9.17) is 9.47 Å². The van der Waals surface area contributed by atoms with Crippen LogP contribution in [-0.4, -0.2) is 102 Å². The van der Waals surface area contributed by atoms with Gasteiger partial charge >= 0.3 is 12.2 Å². The number of halogens is 4. The molecule has 0 bridgehead atoms. The molecule has 0 saturated carbocycles. The van der Waals surface area contributed by atoms with E-state index in [1.807, 2.05) is 30.3 Å². The Labute approximate surface area is 241 Å². The highest BCUT2D eigenvalue weighted by atomic mass is 19.3. The molecule has 0 aromatic heterocycles. The van der Waals surface area contributed by atoms with E-state index in [1.165, 1.54) is 9.80 Å². The third kappa shape index (κ3) is 13.3. The molecule has 2 fully saturated rings. The van der Waals surface area contributed by atoms with Crippen LogP contribution in [0.15, 0.2) is 30.3 Å². The lowest BCUT2D eigenvalue weighted by atomic mass is 10.1. The minimum atomic E-state index is -2.45. The molecule has 2 aliphatic heterocycles. The molecule has 0 spiro atoms. The largest absolute Gasteiger partial charge is 0.444 e. The Morgan fingerprint density at radius 3 is 1.85 bits per heavy atom. The smallest absolute Gasteiger partial charge is 0.410 e. The van der Waals surface area contributed by atoms with Crippen LogP contribution in [0.5, 0.6) is 0 Å². The van der Waals surface area contributed by atoms with Gasteiger partial charge < -0.3 is 24.6 Å². The highest BCUT2D eigenvalue weighted by molar-refractivity contribution is 5.69. The van der Waals surface area contributed by atoms with Crippen LogP contribution in [0, 0.1) is 0 Å². The first-order chi connectivity index (χ1) is 19.0. The monoisotopic (exact) mass is 590 g/mol. The number of hydrogen-bond donors (Lipinski definition) is 1. The Morgan fingerprint density at radius 2 is 1.34 bits per heavy atom. The molecule has 2 amide bonds. The van der Waals surface area contributed by atoms with Crippen LogP contribution >= 0.6 is 0 Å². The fourth-order valence-corrected chi connectivity index (χ4v) is 4.61. The minimum Gasteiger partial charge on any atom is -0.444 e. The Balaban J connectivity index is 0.000000305. The standard InChI is InChI=1S/C18H26F2N2O2.C11H20F2N2O2/c1-18(2,3)24-17(23)22-10-9-21(13-15(22)11-16(19)20)12-14-7-5-4-6-8-14;1-11(2,3)17-10(16)15-5-4-14-7-8(15)6-9(12)13/h4-8,15-16H,9-13H2,1-3H3;8-9,14H,4-7H2,1-3H3. The number of rotatable bonds is 6. The normalized spacial score (nSPS) is 20.5. The zero-order valence-corrected chi connectivity index (χ0v) is 25.0. The van der Waals surface area contributed by atoms with Crippen LogP contribution in [0.3, 0.4) is 0 Å². The minimum absolute atomic E-state index is 0.313. The quantitative estimate of drug-likeness (QED) is 0.434. The van der Waals surface area contributed by atoms with Crippen molar-refractivity contribution < 1.29 is 36.6 Å². The van der Waals surface area contributed by atoms with Gasteiger partial charge in [0.2, 0.25) is 12.9 Å². The van der Waals surface area contributed by atoms with E-state index in [-0.39, 0.29) is 12.8 Å². The van der Waals surface area contributed by atoms with Gasteiger partial charge in [0, 0.05) is 58.7 Å². The number of nitrogens with one attached hydrogen (secondary N) is 1. The van der Waals surface area contributed by atoms with Crippen molar-refractivity contribution in [2.24, 2.45) is 0 Å². The van der Waals surface area contributed by atoms with E-state index in [0.717, 1.165) is 5.56 Å². The lowest BCUT2D eigenvalue weighted by Gasteiger charge is -2.41. The average Bonchev–Trinajstić information content (AvgIpc) is 2.82.